The molecule has 1 aliphatic heterocycles. The molecule has 39 heavy (non-hydrogen) atoms. The minimum absolute atomic E-state index is 0.125. The van der Waals surface area contributed by atoms with Gasteiger partial charge in [-0.05, 0) is 68.3 Å². The molecule has 1 fully saturated rings. The quantitative estimate of drug-likeness (QED) is 0.376. The standard InChI is InChI=1S/C28H28N6O4S/c1-17-7-8-18(13-24(17)39(3,37)38)26(35)31-16-20-14-23-19(15-30-20)9-10-22(32-23)21-5-4-6-25(33-21)34-12-11-28(2,29)27(34)36/h4-10,13-15H,11-12,16,29H2,1-3H3,(H,31,35). The van der Waals surface area contributed by atoms with Crippen molar-refractivity contribution < 1.29 is 18.0 Å². The van der Waals surface area contributed by atoms with Gasteiger partial charge in [0.25, 0.3) is 5.91 Å². The van der Waals surface area contributed by atoms with Crippen LogP contribution in [0.5, 0.6) is 0 Å². The molecule has 200 valence electrons. The second-order valence-corrected chi connectivity index (χ2v) is 12.0. The summed E-state index contributed by atoms with van der Waals surface area (Å²) in [6, 6.07) is 15.5. The number of benzene rings is 1. The number of hydrogen-bond donors (Lipinski definition) is 2. The second kappa shape index (κ2) is 9.83. The zero-order valence-corrected chi connectivity index (χ0v) is 22.6. The van der Waals surface area contributed by atoms with E-state index in [4.69, 9.17) is 10.7 Å². The third kappa shape index (κ3) is 5.36. The number of sulfone groups is 1. The lowest BCUT2D eigenvalue weighted by Crippen LogP contribution is -2.45. The number of rotatable bonds is 6. The van der Waals surface area contributed by atoms with Crippen molar-refractivity contribution in [2.75, 3.05) is 17.7 Å². The van der Waals surface area contributed by atoms with E-state index in [1.165, 1.54) is 6.07 Å². The maximum atomic E-state index is 12.7. The molecule has 0 radical (unpaired) electrons. The smallest absolute Gasteiger partial charge is 0.251 e. The average molecular weight is 545 g/mol. The predicted octanol–water partition coefficient (Wildman–Crippen LogP) is 2.79. The van der Waals surface area contributed by atoms with Crippen molar-refractivity contribution in [1.82, 2.24) is 20.3 Å². The fourth-order valence-electron chi connectivity index (χ4n) is 4.51. The number of hydrogen-bond acceptors (Lipinski definition) is 8. The molecule has 1 unspecified atom stereocenters. The minimum Gasteiger partial charge on any atom is -0.346 e. The minimum atomic E-state index is -3.45. The lowest BCUT2D eigenvalue weighted by Gasteiger charge is -2.19. The summed E-state index contributed by atoms with van der Waals surface area (Å²) in [4.78, 5) is 40.9. The van der Waals surface area contributed by atoms with Crippen LogP contribution in [0.3, 0.4) is 0 Å². The molecule has 5 rings (SSSR count). The van der Waals surface area contributed by atoms with Crippen molar-refractivity contribution in [1.29, 1.82) is 0 Å². The Labute approximate surface area is 226 Å². The third-order valence-electron chi connectivity index (χ3n) is 6.77. The van der Waals surface area contributed by atoms with E-state index in [1.54, 1.807) is 49.2 Å². The number of nitrogens with two attached hydrogens (primary N) is 1. The van der Waals surface area contributed by atoms with Gasteiger partial charge < -0.3 is 11.1 Å². The first-order valence-electron chi connectivity index (χ1n) is 12.4. The van der Waals surface area contributed by atoms with Crippen molar-refractivity contribution in [2.45, 2.75) is 37.2 Å². The number of pyridine rings is 3. The summed E-state index contributed by atoms with van der Waals surface area (Å²) in [6.07, 6.45) is 3.35. The molecule has 0 bridgehead atoms. The van der Waals surface area contributed by atoms with E-state index in [1.807, 2.05) is 24.3 Å². The highest BCUT2D eigenvalue weighted by atomic mass is 32.2. The molecule has 1 aliphatic rings. The molecule has 11 heteroatoms. The summed E-state index contributed by atoms with van der Waals surface area (Å²) >= 11 is 0. The summed E-state index contributed by atoms with van der Waals surface area (Å²) in [5.41, 5.74) is 8.52. The zero-order valence-electron chi connectivity index (χ0n) is 21.8. The summed E-state index contributed by atoms with van der Waals surface area (Å²) in [5.74, 6) is -0.0361. The highest BCUT2D eigenvalue weighted by Crippen LogP contribution is 2.27. The van der Waals surface area contributed by atoms with Gasteiger partial charge in [0.15, 0.2) is 9.84 Å². The van der Waals surface area contributed by atoms with E-state index >= 15 is 0 Å². The van der Waals surface area contributed by atoms with Crippen LogP contribution < -0.4 is 16.0 Å². The van der Waals surface area contributed by atoms with Crippen LogP contribution in [0.25, 0.3) is 22.3 Å². The first kappa shape index (κ1) is 26.4. The molecule has 3 aromatic heterocycles. The molecular formula is C28H28N6O4S. The molecule has 4 heterocycles. The molecule has 0 aliphatic carbocycles. The van der Waals surface area contributed by atoms with Gasteiger partial charge >= 0.3 is 0 Å². The topological polar surface area (TPSA) is 148 Å². The van der Waals surface area contributed by atoms with Crippen molar-refractivity contribution in [2.24, 2.45) is 5.73 Å². The maximum absolute atomic E-state index is 12.7. The Bertz CT molecular complexity index is 1740. The SMILES string of the molecule is Cc1ccc(C(=O)NCc2cc3nc(-c4cccc(N5CCC(C)(N)C5=O)n4)ccc3cn2)cc1S(C)(=O)=O. The van der Waals surface area contributed by atoms with Crippen LogP contribution in [0, 0.1) is 6.92 Å². The van der Waals surface area contributed by atoms with E-state index in [-0.39, 0.29) is 22.9 Å². The van der Waals surface area contributed by atoms with Gasteiger partial charge in [0, 0.05) is 29.9 Å². The van der Waals surface area contributed by atoms with Gasteiger partial charge in [-0.15, -0.1) is 0 Å². The third-order valence-corrected chi connectivity index (χ3v) is 8.01. The van der Waals surface area contributed by atoms with Crippen molar-refractivity contribution in [3.63, 3.8) is 0 Å². The first-order valence-corrected chi connectivity index (χ1v) is 14.2. The van der Waals surface area contributed by atoms with Crippen molar-refractivity contribution >= 4 is 38.4 Å². The van der Waals surface area contributed by atoms with Gasteiger partial charge in [-0.2, -0.15) is 0 Å². The second-order valence-electron chi connectivity index (χ2n) is 10.0. The first-order chi connectivity index (χ1) is 18.4. The lowest BCUT2D eigenvalue weighted by atomic mass is 10.0. The molecule has 1 saturated heterocycles. The highest BCUT2D eigenvalue weighted by molar-refractivity contribution is 7.90. The van der Waals surface area contributed by atoms with E-state index in [9.17, 15) is 18.0 Å². The number of amides is 2. The van der Waals surface area contributed by atoms with Crippen LogP contribution in [-0.4, -0.2) is 53.5 Å². The lowest BCUT2D eigenvalue weighted by molar-refractivity contribution is -0.121. The number of nitrogens with one attached hydrogen (secondary N) is 1. The Kier molecular flexibility index (Phi) is 6.65. The van der Waals surface area contributed by atoms with Gasteiger partial charge in [-0.3, -0.25) is 19.5 Å². The Hall–Kier alpha value is -4.22. The molecule has 3 N–H and O–H groups in total. The number of carbonyl (C=O) groups excluding carboxylic acids is 2. The molecule has 2 amide bonds. The van der Waals surface area contributed by atoms with Crippen LogP contribution in [0.1, 0.15) is 35.0 Å². The van der Waals surface area contributed by atoms with Gasteiger partial charge in [0.2, 0.25) is 5.91 Å². The van der Waals surface area contributed by atoms with Gasteiger partial charge in [0.1, 0.15) is 5.82 Å². The Balaban J connectivity index is 1.36. The molecule has 1 atom stereocenters. The van der Waals surface area contributed by atoms with Crippen LogP contribution in [0.2, 0.25) is 0 Å². The summed E-state index contributed by atoms with van der Waals surface area (Å²) in [5, 5.41) is 3.60. The molecule has 0 spiro atoms. The number of aromatic nitrogens is 3. The fourth-order valence-corrected chi connectivity index (χ4v) is 5.50. The van der Waals surface area contributed by atoms with Crippen LogP contribution in [0.15, 0.2) is 65.7 Å². The van der Waals surface area contributed by atoms with E-state index < -0.39 is 21.3 Å². The van der Waals surface area contributed by atoms with Crippen LogP contribution in [0.4, 0.5) is 5.82 Å². The number of fused-ring (bicyclic) bond motifs is 1. The number of anilines is 1. The number of aryl methyl sites for hydroxylation is 1. The fraction of sp³-hybridized carbons (Fsp3) is 0.250. The Morgan fingerprint density at radius 3 is 2.59 bits per heavy atom. The monoisotopic (exact) mass is 544 g/mol. The normalized spacial score (nSPS) is 17.5. The molecule has 4 aromatic rings. The predicted molar refractivity (Wildman–Crippen MR) is 148 cm³/mol. The number of nitrogens with zero attached hydrogens (tertiary/aromatic N) is 4. The Morgan fingerprint density at radius 1 is 1.10 bits per heavy atom. The number of carbonyl (C=O) groups is 2. The summed E-state index contributed by atoms with van der Waals surface area (Å²) in [6.45, 7) is 4.05. The highest BCUT2D eigenvalue weighted by Gasteiger charge is 2.40. The van der Waals surface area contributed by atoms with Crippen molar-refractivity contribution in [3.8, 4) is 11.4 Å². The molecule has 10 nitrogen and oxygen atoms in total. The molecular weight excluding hydrogens is 516 g/mol. The van der Waals surface area contributed by atoms with E-state index in [2.05, 4.69) is 15.3 Å². The summed E-state index contributed by atoms with van der Waals surface area (Å²) < 4.78 is 24.0. The van der Waals surface area contributed by atoms with Crippen LogP contribution >= 0.6 is 0 Å². The Morgan fingerprint density at radius 2 is 1.87 bits per heavy atom. The maximum Gasteiger partial charge on any atom is 0.251 e. The van der Waals surface area contributed by atoms with Crippen LogP contribution in [-0.2, 0) is 21.2 Å². The van der Waals surface area contributed by atoms with E-state index in [0.29, 0.717) is 46.9 Å². The van der Waals surface area contributed by atoms with Crippen molar-refractivity contribution in [3.05, 3.63) is 77.6 Å². The molecule has 1 aromatic carbocycles. The largest absolute Gasteiger partial charge is 0.346 e. The van der Waals surface area contributed by atoms with Gasteiger partial charge in [-0.1, -0.05) is 12.1 Å². The van der Waals surface area contributed by atoms with Gasteiger partial charge in [-0.25, -0.2) is 18.4 Å². The zero-order chi connectivity index (χ0) is 27.9. The van der Waals surface area contributed by atoms with Gasteiger partial charge in [0.05, 0.1) is 39.6 Å². The average Bonchev–Trinajstić information content (AvgIpc) is 3.18. The molecule has 0 saturated carbocycles. The summed E-state index contributed by atoms with van der Waals surface area (Å²) in [7, 11) is -3.45. The van der Waals surface area contributed by atoms with E-state index in [0.717, 1.165) is 11.6 Å².